The van der Waals surface area contributed by atoms with E-state index in [9.17, 15) is 18.6 Å². The average Bonchev–Trinajstić information content (AvgIpc) is 2.41. The van der Waals surface area contributed by atoms with Crippen LogP contribution in [0.5, 0.6) is 11.5 Å². The second-order valence-corrected chi connectivity index (χ2v) is 6.25. The van der Waals surface area contributed by atoms with Crippen molar-refractivity contribution in [3.8, 4) is 11.5 Å². The maximum Gasteiger partial charge on any atom is 0.210 e. The first kappa shape index (κ1) is 13.4. The molecule has 0 aliphatic rings. The summed E-state index contributed by atoms with van der Waals surface area (Å²) in [7, 11) is -3.79. The molecule has 0 atom stereocenters. The van der Waals surface area contributed by atoms with Gasteiger partial charge in [0.1, 0.15) is 16.4 Å². The van der Waals surface area contributed by atoms with Crippen LogP contribution in [0, 0.1) is 13.8 Å². The van der Waals surface area contributed by atoms with Crippen molar-refractivity contribution < 1.29 is 18.6 Å². The van der Waals surface area contributed by atoms with Gasteiger partial charge in [-0.05, 0) is 37.6 Å². The van der Waals surface area contributed by atoms with Crippen molar-refractivity contribution in [3.05, 3.63) is 47.5 Å². The highest BCUT2D eigenvalue weighted by atomic mass is 32.2. The van der Waals surface area contributed by atoms with E-state index in [0.717, 1.165) is 0 Å². The van der Waals surface area contributed by atoms with Gasteiger partial charge in [0.15, 0.2) is 0 Å². The normalized spacial score (nSPS) is 11.5. The summed E-state index contributed by atoms with van der Waals surface area (Å²) in [5.74, 6) is -0.503. The van der Waals surface area contributed by atoms with E-state index < -0.39 is 15.6 Å². The molecule has 0 radical (unpaired) electrons. The molecule has 0 aromatic heterocycles. The molecule has 0 aliphatic carbocycles. The molecule has 5 heteroatoms. The van der Waals surface area contributed by atoms with Crippen LogP contribution in [0.15, 0.2) is 46.2 Å². The molecule has 4 nitrogen and oxygen atoms in total. The minimum atomic E-state index is -3.79. The lowest BCUT2D eigenvalue weighted by atomic mass is 10.1. The molecule has 0 saturated heterocycles. The fourth-order valence-corrected chi connectivity index (χ4v) is 3.37. The highest BCUT2D eigenvalue weighted by molar-refractivity contribution is 7.91. The SMILES string of the molecule is Cc1cc(S(=O)(=O)c2ccccc2)c(O)c(C)c1O. The molecule has 0 amide bonds. The number of benzene rings is 2. The fourth-order valence-electron chi connectivity index (χ4n) is 1.86. The summed E-state index contributed by atoms with van der Waals surface area (Å²) in [6, 6.07) is 9.15. The number of rotatable bonds is 2. The van der Waals surface area contributed by atoms with Gasteiger partial charge in [0.2, 0.25) is 9.84 Å². The first-order chi connectivity index (χ1) is 8.85. The van der Waals surface area contributed by atoms with Crippen molar-refractivity contribution in [3.63, 3.8) is 0 Å². The van der Waals surface area contributed by atoms with E-state index in [0.29, 0.717) is 5.56 Å². The van der Waals surface area contributed by atoms with Crippen molar-refractivity contribution in [1.82, 2.24) is 0 Å². The Morgan fingerprint density at radius 3 is 2.11 bits per heavy atom. The van der Waals surface area contributed by atoms with Crippen LogP contribution in [-0.4, -0.2) is 18.6 Å². The Morgan fingerprint density at radius 2 is 1.53 bits per heavy atom. The van der Waals surface area contributed by atoms with E-state index >= 15 is 0 Å². The molecule has 0 unspecified atom stereocenters. The molecule has 2 aromatic rings. The smallest absolute Gasteiger partial charge is 0.210 e. The van der Waals surface area contributed by atoms with Crippen molar-refractivity contribution in [2.75, 3.05) is 0 Å². The Kier molecular flexibility index (Phi) is 3.24. The van der Waals surface area contributed by atoms with Crippen molar-refractivity contribution in [1.29, 1.82) is 0 Å². The van der Waals surface area contributed by atoms with Crippen LogP contribution in [0.3, 0.4) is 0 Å². The lowest BCUT2D eigenvalue weighted by molar-refractivity contribution is 0.430. The Morgan fingerprint density at radius 1 is 0.947 bits per heavy atom. The molecule has 19 heavy (non-hydrogen) atoms. The number of sulfone groups is 1. The van der Waals surface area contributed by atoms with Crippen molar-refractivity contribution in [2.24, 2.45) is 0 Å². The van der Waals surface area contributed by atoms with Crippen LogP contribution in [0.1, 0.15) is 11.1 Å². The molecule has 0 aliphatic heterocycles. The van der Waals surface area contributed by atoms with Gasteiger partial charge in [-0.1, -0.05) is 18.2 Å². The Hall–Kier alpha value is -2.01. The lowest BCUT2D eigenvalue weighted by Crippen LogP contribution is -2.03. The second-order valence-electron chi connectivity index (χ2n) is 4.33. The summed E-state index contributed by atoms with van der Waals surface area (Å²) in [6.07, 6.45) is 0. The average molecular weight is 278 g/mol. The van der Waals surface area contributed by atoms with Crippen molar-refractivity contribution >= 4 is 9.84 Å². The van der Waals surface area contributed by atoms with Gasteiger partial charge in [0.25, 0.3) is 0 Å². The number of hydrogen-bond donors (Lipinski definition) is 2. The van der Waals surface area contributed by atoms with Crippen LogP contribution in [-0.2, 0) is 9.84 Å². The largest absolute Gasteiger partial charge is 0.507 e. The van der Waals surface area contributed by atoms with Crippen LogP contribution >= 0.6 is 0 Å². The predicted molar refractivity (Wildman–Crippen MR) is 71.1 cm³/mol. The number of aryl methyl sites for hydroxylation is 1. The summed E-state index contributed by atoms with van der Waals surface area (Å²) < 4.78 is 24.9. The van der Waals surface area contributed by atoms with E-state index in [1.807, 2.05) is 0 Å². The van der Waals surface area contributed by atoms with Crippen LogP contribution in [0.2, 0.25) is 0 Å². The first-order valence-corrected chi connectivity index (χ1v) is 7.16. The quantitative estimate of drug-likeness (QED) is 0.885. The van der Waals surface area contributed by atoms with E-state index in [1.165, 1.54) is 25.1 Å². The molecular weight excluding hydrogens is 264 g/mol. The third-order valence-corrected chi connectivity index (χ3v) is 4.79. The zero-order valence-corrected chi connectivity index (χ0v) is 11.4. The van der Waals surface area contributed by atoms with Gasteiger partial charge in [-0.15, -0.1) is 0 Å². The minimum absolute atomic E-state index is 0.0930. The topological polar surface area (TPSA) is 74.6 Å². The van der Waals surface area contributed by atoms with Crippen LogP contribution in [0.4, 0.5) is 0 Å². The zero-order chi connectivity index (χ0) is 14.2. The number of phenols is 2. The van der Waals surface area contributed by atoms with Gasteiger partial charge in [0.05, 0.1) is 4.90 Å². The Labute approximate surface area is 111 Å². The van der Waals surface area contributed by atoms with Gasteiger partial charge in [0, 0.05) is 5.56 Å². The third kappa shape index (κ3) is 2.17. The van der Waals surface area contributed by atoms with E-state index in [4.69, 9.17) is 0 Å². The molecule has 2 N–H and O–H groups in total. The summed E-state index contributed by atoms with van der Waals surface area (Å²) in [4.78, 5) is -0.0821. The molecule has 2 aromatic carbocycles. The molecule has 100 valence electrons. The number of hydrogen-bond acceptors (Lipinski definition) is 4. The lowest BCUT2D eigenvalue weighted by Gasteiger charge is -2.12. The predicted octanol–water partition coefficient (Wildman–Crippen LogP) is 2.55. The van der Waals surface area contributed by atoms with Crippen LogP contribution in [0.25, 0.3) is 0 Å². The van der Waals surface area contributed by atoms with Crippen molar-refractivity contribution in [2.45, 2.75) is 23.6 Å². The maximum absolute atomic E-state index is 12.4. The molecule has 0 fully saturated rings. The monoisotopic (exact) mass is 278 g/mol. The first-order valence-electron chi connectivity index (χ1n) is 5.68. The van der Waals surface area contributed by atoms with Gasteiger partial charge >= 0.3 is 0 Å². The van der Waals surface area contributed by atoms with Gasteiger partial charge in [-0.2, -0.15) is 0 Å². The van der Waals surface area contributed by atoms with Gasteiger partial charge in [-0.3, -0.25) is 0 Å². The summed E-state index contributed by atoms with van der Waals surface area (Å²) in [5, 5.41) is 19.7. The minimum Gasteiger partial charge on any atom is -0.507 e. The Bertz CT molecular complexity index is 719. The molecule has 0 heterocycles. The maximum atomic E-state index is 12.4. The van der Waals surface area contributed by atoms with Gasteiger partial charge in [-0.25, -0.2) is 8.42 Å². The van der Waals surface area contributed by atoms with Gasteiger partial charge < -0.3 is 10.2 Å². The molecule has 0 bridgehead atoms. The molecule has 0 spiro atoms. The fraction of sp³-hybridized carbons (Fsp3) is 0.143. The third-order valence-electron chi connectivity index (χ3n) is 3.01. The number of phenolic OH excluding ortho intramolecular Hbond substituents is 2. The summed E-state index contributed by atoms with van der Waals surface area (Å²) in [6.45, 7) is 3.06. The molecular formula is C14H14O4S. The zero-order valence-electron chi connectivity index (χ0n) is 10.6. The van der Waals surface area contributed by atoms with E-state index in [-0.39, 0.29) is 21.1 Å². The molecule has 2 rings (SSSR count). The highest BCUT2D eigenvalue weighted by Crippen LogP contribution is 2.37. The second kappa shape index (κ2) is 4.59. The van der Waals surface area contributed by atoms with E-state index in [2.05, 4.69) is 0 Å². The Balaban J connectivity index is 2.73. The summed E-state index contributed by atoms with van der Waals surface area (Å²) >= 11 is 0. The highest BCUT2D eigenvalue weighted by Gasteiger charge is 2.24. The van der Waals surface area contributed by atoms with E-state index in [1.54, 1.807) is 25.1 Å². The molecule has 0 saturated carbocycles. The summed E-state index contributed by atoms with van der Waals surface area (Å²) in [5.41, 5.74) is 0.569. The van der Waals surface area contributed by atoms with Crippen LogP contribution < -0.4 is 0 Å². The standard InChI is InChI=1S/C14H14O4S/c1-9-8-12(14(16)10(2)13(9)15)19(17,18)11-6-4-3-5-7-11/h3-8,15-16H,1-2H3. The number of aromatic hydroxyl groups is 2.